The maximum Gasteiger partial charge on any atom is 0.263 e. The van der Waals surface area contributed by atoms with E-state index >= 15 is 0 Å². The lowest BCUT2D eigenvalue weighted by Gasteiger charge is -2.33. The second-order valence-corrected chi connectivity index (χ2v) is 6.11. The van der Waals surface area contributed by atoms with Crippen LogP contribution in [0.3, 0.4) is 0 Å². The molecule has 23 heavy (non-hydrogen) atoms. The first-order valence-corrected chi connectivity index (χ1v) is 7.96. The minimum atomic E-state index is -0.588. The molecule has 1 fully saturated rings. The highest BCUT2D eigenvalue weighted by Gasteiger charge is 2.31. The van der Waals surface area contributed by atoms with E-state index in [0.717, 1.165) is 29.7 Å². The molecule has 1 aromatic rings. The summed E-state index contributed by atoms with van der Waals surface area (Å²) in [5, 5.41) is 0. The van der Waals surface area contributed by atoms with Gasteiger partial charge in [-0.15, -0.1) is 0 Å². The number of ether oxygens (including phenoxy) is 1. The van der Waals surface area contributed by atoms with Crippen molar-refractivity contribution in [2.24, 2.45) is 11.8 Å². The highest BCUT2D eigenvalue weighted by atomic mass is 16.5. The second kappa shape index (κ2) is 7.46. The van der Waals surface area contributed by atoms with Crippen molar-refractivity contribution >= 4 is 11.8 Å². The van der Waals surface area contributed by atoms with E-state index in [2.05, 4.69) is 5.43 Å². The quantitative estimate of drug-likeness (QED) is 0.498. The fourth-order valence-corrected chi connectivity index (χ4v) is 2.98. The molecule has 6 nitrogen and oxygen atoms in total. The minimum Gasteiger partial charge on any atom is -0.480 e. The Morgan fingerprint density at radius 3 is 2.61 bits per heavy atom. The summed E-state index contributed by atoms with van der Waals surface area (Å²) in [6.45, 7) is 6.71. The van der Waals surface area contributed by atoms with Gasteiger partial charge in [-0.2, -0.15) is 0 Å². The molecule has 0 radical (unpaired) electrons. The fourth-order valence-electron chi connectivity index (χ4n) is 2.98. The molecular formula is C17H25N3O3. The van der Waals surface area contributed by atoms with Crippen molar-refractivity contribution in [1.82, 2.24) is 10.3 Å². The van der Waals surface area contributed by atoms with Crippen molar-refractivity contribution in [3.8, 4) is 5.75 Å². The number of likely N-dealkylation sites (tertiary alicyclic amines) is 1. The number of amides is 2. The number of para-hydroxylation sites is 1. The van der Waals surface area contributed by atoms with Crippen LogP contribution in [0.2, 0.25) is 0 Å². The number of piperidine rings is 1. The first-order chi connectivity index (χ1) is 10.9. The van der Waals surface area contributed by atoms with Gasteiger partial charge in [-0.3, -0.25) is 15.0 Å². The molecule has 1 saturated heterocycles. The van der Waals surface area contributed by atoms with Crippen molar-refractivity contribution in [3.63, 3.8) is 0 Å². The van der Waals surface area contributed by atoms with Gasteiger partial charge in [-0.1, -0.05) is 18.2 Å². The maximum atomic E-state index is 12.6. The number of hydrogen-bond acceptors (Lipinski definition) is 4. The Balaban J connectivity index is 2.03. The average Bonchev–Trinajstić information content (AvgIpc) is 2.56. The monoisotopic (exact) mass is 319 g/mol. The minimum absolute atomic E-state index is 0.0952. The van der Waals surface area contributed by atoms with Crippen molar-refractivity contribution in [2.45, 2.75) is 39.7 Å². The lowest BCUT2D eigenvalue weighted by molar-refractivity contribution is -0.141. The van der Waals surface area contributed by atoms with Gasteiger partial charge in [-0.05, 0) is 44.7 Å². The number of hydrogen-bond donors (Lipinski definition) is 2. The maximum absolute atomic E-state index is 12.6. The molecule has 0 aliphatic carbocycles. The van der Waals surface area contributed by atoms with Gasteiger partial charge >= 0.3 is 0 Å². The molecule has 2 amide bonds. The molecule has 3 N–H and O–H groups in total. The van der Waals surface area contributed by atoms with E-state index < -0.39 is 6.10 Å². The van der Waals surface area contributed by atoms with Crippen LogP contribution in [0.5, 0.6) is 5.75 Å². The van der Waals surface area contributed by atoms with E-state index in [-0.39, 0.29) is 17.7 Å². The number of nitrogens with zero attached hydrogens (tertiary/aromatic N) is 1. The molecule has 1 aromatic carbocycles. The Bertz CT molecular complexity index is 568. The van der Waals surface area contributed by atoms with Crippen LogP contribution < -0.4 is 16.0 Å². The van der Waals surface area contributed by atoms with Crippen molar-refractivity contribution in [1.29, 1.82) is 0 Å². The number of carbonyl (C=O) groups excluding carboxylic acids is 2. The third kappa shape index (κ3) is 4.01. The van der Waals surface area contributed by atoms with E-state index in [0.29, 0.717) is 13.1 Å². The predicted octanol–water partition coefficient (Wildman–Crippen LogP) is 1.30. The zero-order valence-electron chi connectivity index (χ0n) is 14.0. The second-order valence-electron chi connectivity index (χ2n) is 6.11. The molecule has 2 rings (SSSR count). The normalized spacial score (nSPS) is 19.1. The van der Waals surface area contributed by atoms with Gasteiger partial charge in [0.1, 0.15) is 5.75 Å². The van der Waals surface area contributed by atoms with E-state index in [9.17, 15) is 9.59 Å². The summed E-state index contributed by atoms with van der Waals surface area (Å²) in [7, 11) is 0. The summed E-state index contributed by atoms with van der Waals surface area (Å²) in [5.74, 6) is 5.39. The van der Waals surface area contributed by atoms with Gasteiger partial charge in [0.05, 0.1) is 5.92 Å². The van der Waals surface area contributed by atoms with Crippen LogP contribution in [0, 0.1) is 19.8 Å². The number of carbonyl (C=O) groups is 2. The van der Waals surface area contributed by atoms with Crippen LogP contribution in [0.25, 0.3) is 0 Å². The van der Waals surface area contributed by atoms with Gasteiger partial charge < -0.3 is 9.64 Å². The predicted molar refractivity (Wildman–Crippen MR) is 87.6 cm³/mol. The summed E-state index contributed by atoms with van der Waals surface area (Å²) < 4.78 is 5.90. The molecule has 6 heteroatoms. The summed E-state index contributed by atoms with van der Waals surface area (Å²) in [6.07, 6.45) is 0.952. The third-order valence-electron chi connectivity index (χ3n) is 4.30. The Morgan fingerprint density at radius 1 is 1.35 bits per heavy atom. The summed E-state index contributed by atoms with van der Waals surface area (Å²) >= 11 is 0. The molecule has 2 unspecified atom stereocenters. The van der Waals surface area contributed by atoms with E-state index in [1.807, 2.05) is 32.0 Å². The van der Waals surface area contributed by atoms with Gasteiger partial charge in [0.2, 0.25) is 5.91 Å². The number of rotatable bonds is 4. The van der Waals surface area contributed by atoms with Crippen LogP contribution in [0.1, 0.15) is 30.9 Å². The largest absolute Gasteiger partial charge is 0.480 e. The van der Waals surface area contributed by atoms with Crippen molar-refractivity contribution < 1.29 is 14.3 Å². The molecule has 126 valence electrons. The SMILES string of the molecule is Cc1cccc(C)c1OC(C)C(=O)N1CCCC(C(=O)NN)C1. The van der Waals surface area contributed by atoms with E-state index in [1.165, 1.54) is 0 Å². The zero-order valence-corrected chi connectivity index (χ0v) is 14.0. The molecule has 0 bridgehead atoms. The zero-order chi connectivity index (χ0) is 17.0. The molecule has 1 heterocycles. The van der Waals surface area contributed by atoms with Crippen LogP contribution in [-0.4, -0.2) is 35.9 Å². The summed E-state index contributed by atoms with van der Waals surface area (Å²) in [5.41, 5.74) is 4.18. The molecular weight excluding hydrogens is 294 g/mol. The number of nitrogens with two attached hydrogens (primary N) is 1. The highest BCUT2D eigenvalue weighted by molar-refractivity contribution is 5.83. The van der Waals surface area contributed by atoms with Gasteiger partial charge in [0, 0.05) is 13.1 Å². The van der Waals surface area contributed by atoms with Crippen LogP contribution in [-0.2, 0) is 9.59 Å². The summed E-state index contributed by atoms with van der Waals surface area (Å²) in [4.78, 5) is 26.0. The molecule has 2 atom stereocenters. The molecule has 1 aliphatic heterocycles. The van der Waals surface area contributed by atoms with Crippen LogP contribution >= 0.6 is 0 Å². The molecule has 0 spiro atoms. The van der Waals surface area contributed by atoms with Crippen LogP contribution in [0.4, 0.5) is 0 Å². The molecule has 1 aliphatic rings. The average molecular weight is 319 g/mol. The van der Waals surface area contributed by atoms with Gasteiger partial charge in [0.15, 0.2) is 6.10 Å². The Labute approximate surface area is 136 Å². The lowest BCUT2D eigenvalue weighted by Crippen LogP contribution is -2.50. The van der Waals surface area contributed by atoms with E-state index in [4.69, 9.17) is 10.6 Å². The Morgan fingerprint density at radius 2 is 2.00 bits per heavy atom. The van der Waals surface area contributed by atoms with Gasteiger partial charge in [0.25, 0.3) is 5.91 Å². The Hall–Kier alpha value is -2.08. The number of hydrazine groups is 1. The molecule has 0 saturated carbocycles. The smallest absolute Gasteiger partial charge is 0.263 e. The third-order valence-corrected chi connectivity index (χ3v) is 4.30. The molecule has 0 aromatic heterocycles. The first kappa shape index (κ1) is 17.3. The van der Waals surface area contributed by atoms with Crippen molar-refractivity contribution in [3.05, 3.63) is 29.3 Å². The standard InChI is InChI=1S/C17H25N3O3/c1-11-6-4-7-12(2)15(11)23-13(3)17(22)20-9-5-8-14(10-20)16(21)19-18/h4,6-7,13-14H,5,8-10,18H2,1-3H3,(H,19,21). The van der Waals surface area contributed by atoms with E-state index in [1.54, 1.807) is 11.8 Å². The van der Waals surface area contributed by atoms with Crippen molar-refractivity contribution in [2.75, 3.05) is 13.1 Å². The Kier molecular flexibility index (Phi) is 5.60. The first-order valence-electron chi connectivity index (χ1n) is 7.96. The topological polar surface area (TPSA) is 84.7 Å². The number of aryl methyl sites for hydroxylation is 2. The van der Waals surface area contributed by atoms with Crippen LogP contribution in [0.15, 0.2) is 18.2 Å². The fraction of sp³-hybridized carbons (Fsp3) is 0.529. The van der Waals surface area contributed by atoms with Gasteiger partial charge in [-0.25, -0.2) is 5.84 Å². The summed E-state index contributed by atoms with van der Waals surface area (Å²) in [6, 6.07) is 5.88. The highest BCUT2D eigenvalue weighted by Crippen LogP contribution is 2.25. The lowest BCUT2D eigenvalue weighted by atomic mass is 9.97. The number of benzene rings is 1. The number of nitrogens with one attached hydrogen (secondary N) is 1.